The fourth-order valence-corrected chi connectivity index (χ4v) is 3.15. The number of hydrogen-bond acceptors (Lipinski definition) is 3. The molecule has 0 bridgehead atoms. The van der Waals surface area contributed by atoms with Gasteiger partial charge in [0.2, 0.25) is 5.91 Å². The molecule has 1 fully saturated rings. The van der Waals surface area contributed by atoms with Gasteiger partial charge in [0.15, 0.2) is 0 Å². The highest BCUT2D eigenvalue weighted by Crippen LogP contribution is 2.20. The van der Waals surface area contributed by atoms with Crippen LogP contribution in [0, 0.1) is 5.82 Å². The molecule has 3 nitrogen and oxygen atoms in total. The van der Waals surface area contributed by atoms with Crippen molar-refractivity contribution in [1.82, 2.24) is 4.90 Å². The zero-order chi connectivity index (χ0) is 15.4. The minimum absolute atomic E-state index is 0.0133. The Bertz CT molecular complexity index is 661. The molecule has 1 saturated heterocycles. The Hall–Kier alpha value is -2.14. The van der Waals surface area contributed by atoms with Crippen molar-refractivity contribution in [2.45, 2.75) is 0 Å². The first-order chi connectivity index (χ1) is 10.7. The van der Waals surface area contributed by atoms with Crippen molar-refractivity contribution in [2.24, 2.45) is 0 Å². The summed E-state index contributed by atoms with van der Waals surface area (Å²) in [5.41, 5.74) is 1.66. The average Bonchev–Trinajstić information content (AvgIpc) is 3.07. The van der Waals surface area contributed by atoms with Gasteiger partial charge in [-0.05, 0) is 40.6 Å². The summed E-state index contributed by atoms with van der Waals surface area (Å²) in [6.07, 6.45) is 3.45. The number of halogens is 1. The number of thiophene rings is 1. The highest BCUT2D eigenvalue weighted by molar-refractivity contribution is 7.08. The van der Waals surface area contributed by atoms with Crippen LogP contribution in [0.4, 0.5) is 10.1 Å². The Morgan fingerprint density at radius 2 is 1.91 bits per heavy atom. The largest absolute Gasteiger partial charge is 0.366 e. The number of carbonyl (C=O) groups is 1. The van der Waals surface area contributed by atoms with Gasteiger partial charge < -0.3 is 9.80 Å². The first kappa shape index (κ1) is 14.8. The summed E-state index contributed by atoms with van der Waals surface area (Å²) in [5, 5.41) is 3.98. The number of hydrogen-bond donors (Lipinski definition) is 0. The van der Waals surface area contributed by atoms with Crippen LogP contribution in [0.5, 0.6) is 0 Å². The number of rotatable bonds is 3. The minimum atomic E-state index is -0.209. The quantitative estimate of drug-likeness (QED) is 0.812. The lowest BCUT2D eigenvalue weighted by molar-refractivity contribution is -0.126. The van der Waals surface area contributed by atoms with Crippen LogP contribution in [-0.4, -0.2) is 37.0 Å². The van der Waals surface area contributed by atoms with E-state index in [0.717, 1.165) is 5.56 Å². The third-order valence-corrected chi connectivity index (χ3v) is 4.45. The molecule has 114 valence electrons. The van der Waals surface area contributed by atoms with E-state index in [1.807, 2.05) is 33.9 Å². The van der Waals surface area contributed by atoms with Gasteiger partial charge in [0.25, 0.3) is 0 Å². The van der Waals surface area contributed by atoms with Gasteiger partial charge in [-0.1, -0.05) is 12.1 Å². The molecule has 0 radical (unpaired) electrons. The third kappa shape index (κ3) is 3.36. The molecule has 1 aliphatic heterocycles. The van der Waals surface area contributed by atoms with E-state index in [1.165, 1.54) is 6.07 Å². The van der Waals surface area contributed by atoms with E-state index in [-0.39, 0.29) is 11.7 Å². The smallest absolute Gasteiger partial charge is 0.246 e. The van der Waals surface area contributed by atoms with E-state index in [9.17, 15) is 9.18 Å². The molecule has 2 aromatic rings. The van der Waals surface area contributed by atoms with Crippen molar-refractivity contribution >= 4 is 29.0 Å². The molecule has 3 rings (SSSR count). The topological polar surface area (TPSA) is 23.6 Å². The molecule has 1 aromatic carbocycles. The summed E-state index contributed by atoms with van der Waals surface area (Å²) in [7, 11) is 0. The number of carbonyl (C=O) groups excluding carboxylic acids is 1. The molecule has 22 heavy (non-hydrogen) atoms. The molecule has 0 aliphatic carbocycles. The Balaban J connectivity index is 1.57. The van der Waals surface area contributed by atoms with Gasteiger partial charge in [-0.3, -0.25) is 4.79 Å². The Morgan fingerprint density at radius 1 is 1.14 bits per heavy atom. The van der Waals surface area contributed by atoms with Crippen molar-refractivity contribution in [3.63, 3.8) is 0 Å². The second-order valence-electron chi connectivity index (χ2n) is 5.15. The van der Waals surface area contributed by atoms with Crippen molar-refractivity contribution < 1.29 is 9.18 Å². The maximum Gasteiger partial charge on any atom is 0.246 e. The number of anilines is 1. The molecular formula is C17H17FN2OS. The average molecular weight is 316 g/mol. The number of nitrogens with zero attached hydrogens (tertiary/aromatic N) is 2. The standard InChI is InChI=1S/C17H17FN2OS/c18-15-3-1-2-4-16(15)19-8-10-20(11-9-19)17(21)6-5-14-7-12-22-13-14/h1-7,12-13H,8-11H2. The van der Waals surface area contributed by atoms with Gasteiger partial charge in [0, 0.05) is 32.3 Å². The predicted octanol–water partition coefficient (Wildman–Crippen LogP) is 3.25. The van der Waals surface area contributed by atoms with Crippen LogP contribution in [0.15, 0.2) is 47.2 Å². The summed E-state index contributed by atoms with van der Waals surface area (Å²) < 4.78 is 13.8. The minimum Gasteiger partial charge on any atom is -0.366 e. The van der Waals surface area contributed by atoms with Crippen LogP contribution < -0.4 is 4.90 Å². The Kier molecular flexibility index (Phi) is 4.53. The Labute approximate surface area is 133 Å². The third-order valence-electron chi connectivity index (χ3n) is 3.75. The molecular weight excluding hydrogens is 299 g/mol. The lowest BCUT2D eigenvalue weighted by Crippen LogP contribution is -2.48. The van der Waals surface area contributed by atoms with Crippen LogP contribution in [0.25, 0.3) is 6.08 Å². The van der Waals surface area contributed by atoms with E-state index in [0.29, 0.717) is 31.9 Å². The van der Waals surface area contributed by atoms with Crippen molar-refractivity contribution in [1.29, 1.82) is 0 Å². The van der Waals surface area contributed by atoms with E-state index >= 15 is 0 Å². The summed E-state index contributed by atoms with van der Waals surface area (Å²) in [4.78, 5) is 15.9. The normalized spacial score (nSPS) is 15.5. The van der Waals surface area contributed by atoms with Crippen LogP contribution >= 0.6 is 11.3 Å². The van der Waals surface area contributed by atoms with E-state index in [4.69, 9.17) is 0 Å². The molecule has 0 unspecified atom stereocenters. The maximum absolute atomic E-state index is 13.8. The van der Waals surface area contributed by atoms with Crippen molar-refractivity contribution in [3.05, 3.63) is 58.5 Å². The highest BCUT2D eigenvalue weighted by atomic mass is 32.1. The van der Waals surface area contributed by atoms with E-state index < -0.39 is 0 Å². The van der Waals surface area contributed by atoms with Crippen LogP contribution in [0.1, 0.15) is 5.56 Å². The van der Waals surface area contributed by atoms with Gasteiger partial charge in [0.1, 0.15) is 5.82 Å². The summed E-state index contributed by atoms with van der Waals surface area (Å²) in [6, 6.07) is 8.75. The van der Waals surface area contributed by atoms with E-state index in [1.54, 1.807) is 34.4 Å². The highest BCUT2D eigenvalue weighted by Gasteiger charge is 2.21. The SMILES string of the molecule is O=C(C=Cc1ccsc1)N1CCN(c2ccccc2F)CC1. The molecule has 0 N–H and O–H groups in total. The van der Waals surface area contributed by atoms with Crippen LogP contribution in [-0.2, 0) is 4.79 Å². The monoisotopic (exact) mass is 316 g/mol. The zero-order valence-electron chi connectivity index (χ0n) is 12.1. The molecule has 2 heterocycles. The maximum atomic E-state index is 13.8. The van der Waals surface area contributed by atoms with Gasteiger partial charge in [-0.15, -0.1) is 0 Å². The lowest BCUT2D eigenvalue weighted by Gasteiger charge is -2.35. The van der Waals surface area contributed by atoms with Gasteiger partial charge in [-0.25, -0.2) is 4.39 Å². The Morgan fingerprint density at radius 3 is 2.59 bits per heavy atom. The van der Waals surface area contributed by atoms with Gasteiger partial charge >= 0.3 is 0 Å². The molecule has 0 saturated carbocycles. The molecule has 1 aromatic heterocycles. The molecule has 5 heteroatoms. The summed E-state index contributed by atoms with van der Waals surface area (Å²) in [6.45, 7) is 2.53. The second kappa shape index (κ2) is 6.75. The summed E-state index contributed by atoms with van der Waals surface area (Å²) in [5.74, 6) is -0.195. The fraction of sp³-hybridized carbons (Fsp3) is 0.235. The fourth-order valence-electron chi connectivity index (χ4n) is 2.52. The number of para-hydroxylation sites is 1. The number of benzene rings is 1. The van der Waals surface area contributed by atoms with E-state index in [2.05, 4.69) is 0 Å². The lowest BCUT2D eigenvalue weighted by atomic mass is 10.2. The zero-order valence-corrected chi connectivity index (χ0v) is 12.9. The molecule has 1 aliphatic rings. The molecule has 0 spiro atoms. The predicted molar refractivity (Wildman–Crippen MR) is 88.5 cm³/mol. The number of amides is 1. The number of piperazine rings is 1. The van der Waals surface area contributed by atoms with Crippen molar-refractivity contribution in [3.8, 4) is 0 Å². The van der Waals surface area contributed by atoms with Gasteiger partial charge in [0.05, 0.1) is 5.69 Å². The van der Waals surface area contributed by atoms with Crippen molar-refractivity contribution in [2.75, 3.05) is 31.1 Å². The van der Waals surface area contributed by atoms with Crippen LogP contribution in [0.3, 0.4) is 0 Å². The first-order valence-electron chi connectivity index (χ1n) is 7.23. The van der Waals surface area contributed by atoms with Crippen LogP contribution in [0.2, 0.25) is 0 Å². The summed E-state index contributed by atoms with van der Waals surface area (Å²) >= 11 is 1.61. The van der Waals surface area contributed by atoms with Gasteiger partial charge in [-0.2, -0.15) is 11.3 Å². The first-order valence-corrected chi connectivity index (χ1v) is 8.17. The molecule has 1 amide bonds. The molecule has 0 atom stereocenters. The second-order valence-corrected chi connectivity index (χ2v) is 5.93.